The zero-order valence-corrected chi connectivity index (χ0v) is 12.3. The second kappa shape index (κ2) is 7.11. The molecule has 0 aliphatic carbocycles. The van der Waals surface area contributed by atoms with Crippen molar-refractivity contribution in [2.75, 3.05) is 5.32 Å². The van der Waals surface area contributed by atoms with E-state index >= 15 is 0 Å². The maximum absolute atomic E-state index is 13.2. The molecule has 0 aliphatic rings. The lowest BCUT2D eigenvalue weighted by Crippen LogP contribution is -2.17. The summed E-state index contributed by atoms with van der Waals surface area (Å²) in [6.45, 7) is 3.56. The molecule has 7 nitrogen and oxygen atoms in total. The van der Waals surface area contributed by atoms with Crippen LogP contribution in [0, 0.1) is 10.1 Å². The van der Waals surface area contributed by atoms with Crippen molar-refractivity contribution in [1.82, 2.24) is 9.97 Å². The molecule has 0 saturated heterocycles. The fourth-order valence-electron chi connectivity index (χ4n) is 2.00. The van der Waals surface area contributed by atoms with E-state index in [9.17, 15) is 23.3 Å². The average Bonchev–Trinajstić information content (AvgIpc) is 3.04. The third-order valence-corrected chi connectivity index (χ3v) is 3.11. The number of hydrogen-bond acceptors (Lipinski definition) is 6. The van der Waals surface area contributed by atoms with Crippen molar-refractivity contribution in [2.24, 2.45) is 0 Å². The van der Waals surface area contributed by atoms with Crippen molar-refractivity contribution >= 4 is 11.5 Å². The highest BCUT2D eigenvalue weighted by molar-refractivity contribution is 5.51. The highest BCUT2D eigenvalue weighted by Gasteiger charge is 2.37. The summed E-state index contributed by atoms with van der Waals surface area (Å²) in [4.78, 5) is 17.2. The predicted octanol–water partition coefficient (Wildman–Crippen LogP) is 4.12. The van der Waals surface area contributed by atoms with E-state index in [4.69, 9.17) is 4.42 Å². The summed E-state index contributed by atoms with van der Waals surface area (Å²) in [5.41, 5.74) is -1.97. The molecule has 2 aromatic rings. The molecule has 0 aromatic carbocycles. The molecular formula is C14H13F3N4O3. The third kappa shape index (κ3) is 4.09. The monoisotopic (exact) mass is 342 g/mol. The summed E-state index contributed by atoms with van der Waals surface area (Å²) in [5, 5.41) is 13.3. The molecule has 0 bridgehead atoms. The summed E-state index contributed by atoms with van der Waals surface area (Å²) < 4.78 is 44.7. The maximum atomic E-state index is 13.2. The second-order valence-electron chi connectivity index (χ2n) is 4.78. The van der Waals surface area contributed by atoms with Crippen molar-refractivity contribution in [3.05, 3.63) is 58.9 Å². The van der Waals surface area contributed by atoms with Crippen LogP contribution in [0.3, 0.4) is 0 Å². The molecule has 24 heavy (non-hydrogen) atoms. The van der Waals surface area contributed by atoms with Crippen LogP contribution < -0.4 is 5.32 Å². The lowest BCUT2D eigenvalue weighted by atomic mass is 10.1. The lowest BCUT2D eigenvalue weighted by Gasteiger charge is -2.18. The van der Waals surface area contributed by atoms with Gasteiger partial charge < -0.3 is 9.73 Å². The van der Waals surface area contributed by atoms with Crippen LogP contribution in [0.2, 0.25) is 0 Å². The number of anilines is 1. The molecule has 0 saturated carbocycles. The summed E-state index contributed by atoms with van der Waals surface area (Å²) in [6.07, 6.45) is 1.08. The average molecular weight is 342 g/mol. The smallest absolute Gasteiger partial charge is 0.420 e. The minimum absolute atomic E-state index is 0.185. The summed E-state index contributed by atoms with van der Waals surface area (Å²) >= 11 is 0. The number of oxazole rings is 1. The standard InChI is InChI=1S/C14H13F3N4O3/c1-2-3-4-11(13-18-5-6-24-13)20-12-10(14(15,16)17)7-9(8-19-12)21(22)23/h2,5-8,11H,1,3-4H2,(H,19,20). The largest absolute Gasteiger partial charge is 0.447 e. The first kappa shape index (κ1) is 17.4. The van der Waals surface area contributed by atoms with Gasteiger partial charge in [0, 0.05) is 6.07 Å². The minimum atomic E-state index is -4.80. The molecule has 2 heterocycles. The zero-order valence-electron chi connectivity index (χ0n) is 12.3. The number of allylic oxidation sites excluding steroid dienone is 1. The number of hydrogen-bond donors (Lipinski definition) is 1. The van der Waals surface area contributed by atoms with Crippen LogP contribution in [-0.2, 0) is 6.18 Å². The van der Waals surface area contributed by atoms with Crippen LogP contribution in [0.1, 0.15) is 30.3 Å². The topological polar surface area (TPSA) is 94.1 Å². The second-order valence-corrected chi connectivity index (χ2v) is 4.78. The van der Waals surface area contributed by atoms with Gasteiger partial charge in [-0.2, -0.15) is 13.2 Å². The van der Waals surface area contributed by atoms with Crippen LogP contribution in [0.4, 0.5) is 24.7 Å². The number of alkyl halides is 3. The van der Waals surface area contributed by atoms with Gasteiger partial charge in [0.25, 0.3) is 5.69 Å². The van der Waals surface area contributed by atoms with E-state index in [1.807, 2.05) is 0 Å². The van der Waals surface area contributed by atoms with Gasteiger partial charge in [-0.15, -0.1) is 6.58 Å². The van der Waals surface area contributed by atoms with Gasteiger partial charge in [-0.1, -0.05) is 6.08 Å². The first-order valence-electron chi connectivity index (χ1n) is 6.81. The van der Waals surface area contributed by atoms with Gasteiger partial charge in [0.1, 0.15) is 29.9 Å². The quantitative estimate of drug-likeness (QED) is 0.462. The Morgan fingerprint density at radius 3 is 2.75 bits per heavy atom. The van der Waals surface area contributed by atoms with E-state index in [0.29, 0.717) is 18.9 Å². The van der Waals surface area contributed by atoms with Gasteiger partial charge >= 0.3 is 6.18 Å². The summed E-state index contributed by atoms with van der Waals surface area (Å²) in [5.74, 6) is -0.342. The predicted molar refractivity (Wildman–Crippen MR) is 78.2 cm³/mol. The highest BCUT2D eigenvalue weighted by atomic mass is 19.4. The number of aromatic nitrogens is 2. The SMILES string of the molecule is C=CCCC(Nc1ncc([N+](=O)[O-])cc1C(F)(F)F)c1ncco1. The van der Waals surface area contributed by atoms with Crippen LogP contribution in [0.15, 0.2) is 41.8 Å². The van der Waals surface area contributed by atoms with E-state index < -0.39 is 34.2 Å². The molecule has 2 rings (SSSR count). The molecule has 10 heteroatoms. The van der Waals surface area contributed by atoms with Gasteiger partial charge in [0.05, 0.1) is 11.1 Å². The van der Waals surface area contributed by atoms with Crippen LogP contribution >= 0.6 is 0 Å². The van der Waals surface area contributed by atoms with Crippen LogP contribution in [0.5, 0.6) is 0 Å². The summed E-state index contributed by atoms with van der Waals surface area (Å²) in [6, 6.07) is -0.247. The molecule has 0 radical (unpaired) electrons. The number of halogens is 3. The molecular weight excluding hydrogens is 329 g/mol. The van der Waals surface area contributed by atoms with E-state index in [0.717, 1.165) is 6.20 Å². The Bertz CT molecular complexity index is 717. The molecule has 1 atom stereocenters. The van der Waals surface area contributed by atoms with Crippen molar-refractivity contribution in [2.45, 2.75) is 25.1 Å². The molecule has 0 spiro atoms. The Morgan fingerprint density at radius 2 is 2.21 bits per heavy atom. The minimum Gasteiger partial charge on any atom is -0.447 e. The van der Waals surface area contributed by atoms with E-state index in [1.165, 1.54) is 12.5 Å². The number of pyridine rings is 1. The molecule has 0 fully saturated rings. The normalized spacial score (nSPS) is 12.6. The molecule has 1 N–H and O–H groups in total. The molecule has 1 unspecified atom stereocenters. The van der Waals surface area contributed by atoms with Crippen molar-refractivity contribution in [3.63, 3.8) is 0 Å². The van der Waals surface area contributed by atoms with E-state index in [-0.39, 0.29) is 5.89 Å². The van der Waals surface area contributed by atoms with Gasteiger partial charge in [-0.3, -0.25) is 10.1 Å². The zero-order chi connectivity index (χ0) is 17.7. The van der Waals surface area contributed by atoms with E-state index in [1.54, 1.807) is 6.08 Å². The van der Waals surface area contributed by atoms with Gasteiger partial charge in [-0.05, 0) is 12.8 Å². The van der Waals surface area contributed by atoms with Gasteiger partial charge in [0.15, 0.2) is 0 Å². The van der Waals surface area contributed by atoms with E-state index in [2.05, 4.69) is 21.9 Å². The van der Waals surface area contributed by atoms with Crippen molar-refractivity contribution < 1.29 is 22.5 Å². The van der Waals surface area contributed by atoms with Crippen LogP contribution in [0.25, 0.3) is 0 Å². The number of rotatable bonds is 7. The fraction of sp³-hybridized carbons (Fsp3) is 0.286. The third-order valence-electron chi connectivity index (χ3n) is 3.11. The maximum Gasteiger partial charge on any atom is 0.420 e. The number of nitrogens with one attached hydrogen (secondary N) is 1. The summed E-state index contributed by atoms with van der Waals surface area (Å²) in [7, 11) is 0. The van der Waals surface area contributed by atoms with Gasteiger partial charge in [-0.25, -0.2) is 9.97 Å². The highest BCUT2D eigenvalue weighted by Crippen LogP contribution is 2.37. The molecule has 128 valence electrons. The Hall–Kier alpha value is -2.91. The Balaban J connectivity index is 2.38. The fourth-order valence-corrected chi connectivity index (χ4v) is 2.00. The van der Waals surface area contributed by atoms with Crippen molar-refractivity contribution in [3.8, 4) is 0 Å². The Morgan fingerprint density at radius 1 is 1.46 bits per heavy atom. The molecule has 2 aromatic heterocycles. The van der Waals surface area contributed by atoms with Gasteiger partial charge in [0.2, 0.25) is 5.89 Å². The first-order valence-corrected chi connectivity index (χ1v) is 6.81. The Labute approximate surface area is 134 Å². The lowest BCUT2D eigenvalue weighted by molar-refractivity contribution is -0.385. The van der Waals surface area contributed by atoms with Crippen LogP contribution in [-0.4, -0.2) is 14.9 Å². The Kier molecular flexibility index (Phi) is 5.17. The number of nitro groups is 1. The first-order chi connectivity index (χ1) is 11.3. The number of nitrogens with zero attached hydrogens (tertiary/aromatic N) is 3. The molecule has 0 aliphatic heterocycles. The molecule has 0 amide bonds. The van der Waals surface area contributed by atoms with Crippen molar-refractivity contribution in [1.29, 1.82) is 0 Å².